The summed E-state index contributed by atoms with van der Waals surface area (Å²) in [5.74, 6) is 0.622. The highest BCUT2D eigenvalue weighted by atomic mass is 16.2. The average Bonchev–Trinajstić information content (AvgIpc) is 2.65. The normalized spacial score (nSPS) is 10.9. The number of nitrogens with zero attached hydrogens (tertiary/aromatic N) is 4. The summed E-state index contributed by atoms with van der Waals surface area (Å²) in [6, 6.07) is 0. The predicted octanol–water partition coefficient (Wildman–Crippen LogP) is 0.112. The third-order valence-electron chi connectivity index (χ3n) is 2.24. The van der Waals surface area contributed by atoms with Crippen molar-refractivity contribution in [1.82, 2.24) is 25.2 Å². The smallest absolute Gasteiger partial charge is 0.243 e. The van der Waals surface area contributed by atoms with Crippen LogP contribution in [0.15, 0.2) is 6.20 Å². The molecule has 0 spiro atoms. The SMILES string of the molecule is CC(C)CNCc1cn(CC(=O)N(C)C)nn1. The number of hydrogen-bond donors (Lipinski definition) is 1. The number of rotatable bonds is 6. The number of carbonyl (C=O) groups excluding carboxylic acids is 1. The summed E-state index contributed by atoms with van der Waals surface area (Å²) in [5.41, 5.74) is 0.859. The van der Waals surface area contributed by atoms with Crippen molar-refractivity contribution >= 4 is 5.91 Å². The Labute approximate surface area is 102 Å². The van der Waals surface area contributed by atoms with Gasteiger partial charge in [0, 0.05) is 20.6 Å². The first-order chi connectivity index (χ1) is 7.99. The van der Waals surface area contributed by atoms with Crippen LogP contribution in [0.3, 0.4) is 0 Å². The minimum atomic E-state index is 0.0107. The van der Waals surface area contributed by atoms with Gasteiger partial charge >= 0.3 is 0 Å². The van der Waals surface area contributed by atoms with Crippen LogP contribution in [0.5, 0.6) is 0 Å². The fourth-order valence-corrected chi connectivity index (χ4v) is 1.27. The van der Waals surface area contributed by atoms with Crippen molar-refractivity contribution in [1.29, 1.82) is 0 Å². The van der Waals surface area contributed by atoms with E-state index in [0.717, 1.165) is 12.2 Å². The van der Waals surface area contributed by atoms with E-state index in [2.05, 4.69) is 29.5 Å². The minimum Gasteiger partial charge on any atom is -0.347 e. The minimum absolute atomic E-state index is 0.0107. The molecule has 1 N–H and O–H groups in total. The number of nitrogens with one attached hydrogen (secondary N) is 1. The van der Waals surface area contributed by atoms with Crippen LogP contribution in [0.4, 0.5) is 0 Å². The maximum absolute atomic E-state index is 11.4. The Morgan fingerprint density at radius 1 is 1.53 bits per heavy atom. The van der Waals surface area contributed by atoms with Crippen molar-refractivity contribution in [2.45, 2.75) is 26.9 Å². The zero-order valence-corrected chi connectivity index (χ0v) is 11.0. The first-order valence-electron chi connectivity index (χ1n) is 5.79. The van der Waals surface area contributed by atoms with Crippen LogP contribution in [-0.4, -0.2) is 46.4 Å². The first kappa shape index (κ1) is 13.6. The van der Waals surface area contributed by atoms with Crippen molar-refractivity contribution in [2.75, 3.05) is 20.6 Å². The molecule has 0 atom stereocenters. The van der Waals surface area contributed by atoms with E-state index in [1.807, 2.05) is 0 Å². The fourth-order valence-electron chi connectivity index (χ4n) is 1.27. The van der Waals surface area contributed by atoms with Crippen LogP contribution in [0.25, 0.3) is 0 Å². The van der Waals surface area contributed by atoms with E-state index in [9.17, 15) is 4.79 Å². The van der Waals surface area contributed by atoms with Gasteiger partial charge in [0.1, 0.15) is 6.54 Å². The molecule has 0 aliphatic heterocycles. The topological polar surface area (TPSA) is 63.1 Å². The van der Waals surface area contributed by atoms with Gasteiger partial charge in [-0.25, -0.2) is 4.68 Å². The molecule has 0 bridgehead atoms. The molecule has 6 nitrogen and oxygen atoms in total. The Morgan fingerprint density at radius 3 is 2.82 bits per heavy atom. The van der Waals surface area contributed by atoms with E-state index in [1.165, 1.54) is 0 Å². The molecule has 6 heteroatoms. The van der Waals surface area contributed by atoms with Gasteiger partial charge in [-0.3, -0.25) is 4.79 Å². The Morgan fingerprint density at radius 2 is 2.24 bits per heavy atom. The number of amides is 1. The Bertz CT molecular complexity index is 358. The standard InChI is InChI=1S/C11H21N5O/c1-9(2)5-12-6-10-7-16(14-13-10)8-11(17)15(3)4/h7,9,12H,5-6,8H2,1-4H3. The van der Waals surface area contributed by atoms with Crippen LogP contribution in [0.1, 0.15) is 19.5 Å². The predicted molar refractivity (Wildman–Crippen MR) is 65.3 cm³/mol. The molecule has 0 fully saturated rings. The highest BCUT2D eigenvalue weighted by molar-refractivity contribution is 5.75. The van der Waals surface area contributed by atoms with E-state index in [4.69, 9.17) is 0 Å². The Kier molecular flexibility index (Phi) is 5.09. The lowest BCUT2D eigenvalue weighted by molar-refractivity contribution is -0.129. The van der Waals surface area contributed by atoms with Crippen LogP contribution >= 0.6 is 0 Å². The number of hydrogen-bond acceptors (Lipinski definition) is 4. The van der Waals surface area contributed by atoms with Gasteiger partial charge in [-0.05, 0) is 12.5 Å². The molecule has 0 saturated carbocycles. The van der Waals surface area contributed by atoms with Gasteiger partial charge in [-0.2, -0.15) is 0 Å². The molecule has 0 unspecified atom stereocenters. The van der Waals surface area contributed by atoms with E-state index in [0.29, 0.717) is 12.5 Å². The quantitative estimate of drug-likeness (QED) is 0.765. The summed E-state index contributed by atoms with van der Waals surface area (Å²) in [5, 5.41) is 11.2. The summed E-state index contributed by atoms with van der Waals surface area (Å²) in [4.78, 5) is 13.0. The van der Waals surface area contributed by atoms with E-state index < -0.39 is 0 Å². The highest BCUT2D eigenvalue weighted by Gasteiger charge is 2.07. The van der Waals surface area contributed by atoms with Crippen molar-refractivity contribution in [3.05, 3.63) is 11.9 Å². The molecule has 1 amide bonds. The molecular weight excluding hydrogens is 218 g/mol. The number of carbonyl (C=O) groups is 1. The van der Waals surface area contributed by atoms with Crippen molar-refractivity contribution in [3.63, 3.8) is 0 Å². The van der Waals surface area contributed by atoms with Gasteiger partial charge < -0.3 is 10.2 Å². The molecular formula is C11H21N5O. The van der Waals surface area contributed by atoms with Crippen LogP contribution in [0.2, 0.25) is 0 Å². The van der Waals surface area contributed by atoms with Crippen LogP contribution in [0, 0.1) is 5.92 Å². The second-order valence-corrected chi connectivity index (χ2v) is 4.72. The first-order valence-corrected chi connectivity index (χ1v) is 5.79. The summed E-state index contributed by atoms with van der Waals surface area (Å²) in [6.45, 7) is 6.18. The molecule has 0 aromatic carbocycles. The molecule has 1 aromatic rings. The maximum atomic E-state index is 11.4. The summed E-state index contributed by atoms with van der Waals surface area (Å²) in [6.07, 6.45) is 1.80. The van der Waals surface area contributed by atoms with Gasteiger partial charge in [-0.15, -0.1) is 5.10 Å². The molecule has 1 aromatic heterocycles. The largest absolute Gasteiger partial charge is 0.347 e. The van der Waals surface area contributed by atoms with Gasteiger partial charge in [0.05, 0.1) is 11.9 Å². The van der Waals surface area contributed by atoms with E-state index in [-0.39, 0.29) is 12.5 Å². The Hall–Kier alpha value is -1.43. The van der Waals surface area contributed by atoms with Gasteiger partial charge in [0.2, 0.25) is 5.91 Å². The lowest BCUT2D eigenvalue weighted by Gasteiger charge is -2.08. The number of aromatic nitrogens is 3. The molecule has 0 saturated heterocycles. The zero-order valence-electron chi connectivity index (χ0n) is 11.0. The summed E-state index contributed by atoms with van der Waals surface area (Å²) < 4.78 is 1.56. The highest BCUT2D eigenvalue weighted by Crippen LogP contribution is 1.95. The summed E-state index contributed by atoms with van der Waals surface area (Å²) in [7, 11) is 3.45. The van der Waals surface area contributed by atoms with Crippen molar-refractivity contribution in [2.24, 2.45) is 5.92 Å². The maximum Gasteiger partial charge on any atom is 0.243 e. The lowest BCUT2D eigenvalue weighted by Crippen LogP contribution is -2.26. The molecule has 1 rings (SSSR count). The third-order valence-corrected chi connectivity index (χ3v) is 2.24. The second kappa shape index (κ2) is 6.34. The monoisotopic (exact) mass is 239 g/mol. The van der Waals surface area contributed by atoms with E-state index >= 15 is 0 Å². The van der Waals surface area contributed by atoms with E-state index in [1.54, 1.807) is 29.9 Å². The van der Waals surface area contributed by atoms with Crippen LogP contribution < -0.4 is 5.32 Å². The van der Waals surface area contributed by atoms with Crippen molar-refractivity contribution in [3.8, 4) is 0 Å². The lowest BCUT2D eigenvalue weighted by atomic mass is 10.2. The number of likely N-dealkylation sites (N-methyl/N-ethyl adjacent to an activating group) is 1. The summed E-state index contributed by atoms with van der Waals surface area (Å²) >= 11 is 0. The molecule has 17 heavy (non-hydrogen) atoms. The average molecular weight is 239 g/mol. The molecule has 0 aliphatic carbocycles. The van der Waals surface area contributed by atoms with Crippen LogP contribution in [-0.2, 0) is 17.9 Å². The van der Waals surface area contributed by atoms with Gasteiger partial charge in [0.25, 0.3) is 0 Å². The van der Waals surface area contributed by atoms with Gasteiger partial charge in [-0.1, -0.05) is 19.1 Å². The Balaban J connectivity index is 2.40. The zero-order chi connectivity index (χ0) is 12.8. The van der Waals surface area contributed by atoms with Crippen molar-refractivity contribution < 1.29 is 4.79 Å². The second-order valence-electron chi connectivity index (χ2n) is 4.72. The van der Waals surface area contributed by atoms with Gasteiger partial charge in [0.15, 0.2) is 0 Å². The molecule has 96 valence electrons. The third kappa shape index (κ3) is 4.95. The molecule has 0 aliphatic rings. The fraction of sp³-hybridized carbons (Fsp3) is 0.727. The molecule has 1 heterocycles. The molecule has 0 radical (unpaired) electrons.